The largest absolute Gasteiger partial charge is 0.0651 e. The Morgan fingerprint density at radius 3 is 1.82 bits per heavy atom. The lowest BCUT2D eigenvalue weighted by Gasteiger charge is -2.37. The van der Waals surface area contributed by atoms with Gasteiger partial charge >= 0.3 is 0 Å². The molecule has 11 heavy (non-hydrogen) atoms. The normalized spacial score (nSPS) is 45.8. The summed E-state index contributed by atoms with van der Waals surface area (Å²) in [6.07, 6.45) is 4.31. The molecule has 0 aromatic carbocycles. The first kappa shape index (κ1) is 9.09. The fraction of sp³-hybridized carbons (Fsp3) is 1.00. The van der Waals surface area contributed by atoms with Crippen molar-refractivity contribution in [2.75, 3.05) is 0 Å². The minimum Gasteiger partial charge on any atom is -0.0651 e. The van der Waals surface area contributed by atoms with E-state index in [0.717, 1.165) is 23.7 Å². The van der Waals surface area contributed by atoms with Gasteiger partial charge in [-0.2, -0.15) is 0 Å². The van der Waals surface area contributed by atoms with Gasteiger partial charge in [0.05, 0.1) is 0 Å². The van der Waals surface area contributed by atoms with Gasteiger partial charge in [0.25, 0.3) is 0 Å². The van der Waals surface area contributed by atoms with Gasteiger partial charge in [-0.3, -0.25) is 0 Å². The highest BCUT2D eigenvalue weighted by molar-refractivity contribution is 4.79. The van der Waals surface area contributed by atoms with Gasteiger partial charge in [0.1, 0.15) is 0 Å². The molecular weight excluding hydrogens is 132 g/mol. The SMILES string of the molecule is CCC1C(C)CC(C)CC1C. The summed E-state index contributed by atoms with van der Waals surface area (Å²) >= 11 is 0. The molecule has 0 N–H and O–H groups in total. The lowest BCUT2D eigenvalue weighted by Crippen LogP contribution is -2.28. The van der Waals surface area contributed by atoms with Crippen LogP contribution in [0.4, 0.5) is 0 Å². The number of hydrogen-bond donors (Lipinski definition) is 0. The molecule has 1 fully saturated rings. The molecule has 0 aliphatic heterocycles. The van der Waals surface area contributed by atoms with E-state index < -0.39 is 0 Å². The summed E-state index contributed by atoms with van der Waals surface area (Å²) in [6, 6.07) is 0. The maximum Gasteiger partial charge on any atom is -0.0365 e. The predicted octanol–water partition coefficient (Wildman–Crippen LogP) is 3.71. The third kappa shape index (κ3) is 1.98. The van der Waals surface area contributed by atoms with Gasteiger partial charge in [0, 0.05) is 0 Å². The fourth-order valence-electron chi connectivity index (χ4n) is 3.08. The van der Waals surface area contributed by atoms with Crippen LogP contribution in [0.15, 0.2) is 0 Å². The third-order valence-electron chi connectivity index (χ3n) is 3.48. The van der Waals surface area contributed by atoms with Gasteiger partial charge in [-0.25, -0.2) is 0 Å². The Hall–Kier alpha value is 0. The van der Waals surface area contributed by atoms with Gasteiger partial charge in [-0.05, 0) is 36.5 Å². The van der Waals surface area contributed by atoms with Gasteiger partial charge in [-0.15, -0.1) is 0 Å². The van der Waals surface area contributed by atoms with Crippen molar-refractivity contribution < 1.29 is 0 Å². The van der Waals surface area contributed by atoms with Crippen LogP contribution in [0.1, 0.15) is 47.0 Å². The monoisotopic (exact) mass is 154 g/mol. The summed E-state index contributed by atoms with van der Waals surface area (Å²) in [5, 5.41) is 0. The standard InChI is InChI=1S/C11H22/c1-5-11-9(3)6-8(2)7-10(11)4/h8-11H,5-7H2,1-4H3. The molecule has 0 spiro atoms. The molecule has 0 nitrogen and oxygen atoms in total. The third-order valence-corrected chi connectivity index (χ3v) is 3.48. The summed E-state index contributed by atoms with van der Waals surface area (Å²) in [5.74, 6) is 3.92. The molecule has 0 heterocycles. The summed E-state index contributed by atoms with van der Waals surface area (Å²) < 4.78 is 0. The van der Waals surface area contributed by atoms with Crippen LogP contribution in [0.3, 0.4) is 0 Å². The zero-order valence-corrected chi connectivity index (χ0v) is 8.43. The second kappa shape index (κ2) is 3.60. The highest BCUT2D eigenvalue weighted by Gasteiger charge is 2.29. The van der Waals surface area contributed by atoms with Crippen molar-refractivity contribution in [2.45, 2.75) is 47.0 Å². The van der Waals surface area contributed by atoms with Crippen molar-refractivity contribution in [1.29, 1.82) is 0 Å². The molecule has 0 aromatic heterocycles. The van der Waals surface area contributed by atoms with E-state index >= 15 is 0 Å². The summed E-state index contributed by atoms with van der Waals surface area (Å²) in [6.45, 7) is 9.60. The Balaban J connectivity index is 2.52. The molecular formula is C11H22. The average Bonchev–Trinajstić information content (AvgIpc) is 1.85. The molecule has 0 heteroatoms. The minimum absolute atomic E-state index is 0.971. The molecule has 0 radical (unpaired) electrons. The van der Waals surface area contributed by atoms with Crippen molar-refractivity contribution in [3.8, 4) is 0 Å². The summed E-state index contributed by atoms with van der Waals surface area (Å²) in [5.41, 5.74) is 0. The molecule has 0 aromatic rings. The molecule has 1 aliphatic carbocycles. The Morgan fingerprint density at radius 2 is 1.45 bits per heavy atom. The van der Waals surface area contributed by atoms with E-state index in [1.54, 1.807) is 0 Å². The lowest BCUT2D eigenvalue weighted by atomic mass is 9.69. The zero-order chi connectivity index (χ0) is 8.43. The molecule has 0 bridgehead atoms. The van der Waals surface area contributed by atoms with E-state index in [1.165, 1.54) is 19.3 Å². The van der Waals surface area contributed by atoms with E-state index in [-0.39, 0.29) is 0 Å². The minimum atomic E-state index is 0.971. The average molecular weight is 154 g/mol. The van der Waals surface area contributed by atoms with Crippen LogP contribution in [0.25, 0.3) is 0 Å². The van der Waals surface area contributed by atoms with Crippen molar-refractivity contribution in [3.05, 3.63) is 0 Å². The van der Waals surface area contributed by atoms with E-state index in [0.29, 0.717) is 0 Å². The van der Waals surface area contributed by atoms with Gasteiger partial charge in [0.15, 0.2) is 0 Å². The topological polar surface area (TPSA) is 0 Å². The number of hydrogen-bond acceptors (Lipinski definition) is 0. The Labute approximate surface area is 71.4 Å². The first-order valence-corrected chi connectivity index (χ1v) is 5.15. The Kier molecular flexibility index (Phi) is 2.98. The second-order valence-electron chi connectivity index (χ2n) is 4.60. The maximum atomic E-state index is 2.43. The highest BCUT2D eigenvalue weighted by Crippen LogP contribution is 2.39. The van der Waals surface area contributed by atoms with Crippen LogP contribution >= 0.6 is 0 Å². The molecule has 0 amide bonds. The highest BCUT2D eigenvalue weighted by atomic mass is 14.3. The molecule has 2 atom stereocenters. The van der Waals surface area contributed by atoms with Crippen LogP contribution in [0.5, 0.6) is 0 Å². The maximum absolute atomic E-state index is 2.43. The molecule has 0 saturated heterocycles. The lowest BCUT2D eigenvalue weighted by molar-refractivity contribution is 0.132. The summed E-state index contributed by atoms with van der Waals surface area (Å²) in [7, 11) is 0. The number of rotatable bonds is 1. The van der Waals surface area contributed by atoms with Gasteiger partial charge < -0.3 is 0 Å². The van der Waals surface area contributed by atoms with E-state index in [4.69, 9.17) is 0 Å². The van der Waals surface area contributed by atoms with E-state index in [1.807, 2.05) is 0 Å². The predicted molar refractivity (Wildman–Crippen MR) is 50.5 cm³/mol. The fourth-order valence-corrected chi connectivity index (χ4v) is 3.08. The Morgan fingerprint density at radius 1 is 1.00 bits per heavy atom. The van der Waals surface area contributed by atoms with Crippen molar-refractivity contribution in [1.82, 2.24) is 0 Å². The van der Waals surface area contributed by atoms with Crippen molar-refractivity contribution in [2.24, 2.45) is 23.7 Å². The molecule has 1 rings (SSSR count). The quantitative estimate of drug-likeness (QED) is 0.540. The molecule has 1 aliphatic rings. The van der Waals surface area contributed by atoms with Crippen LogP contribution < -0.4 is 0 Å². The van der Waals surface area contributed by atoms with Gasteiger partial charge in [-0.1, -0.05) is 34.1 Å². The van der Waals surface area contributed by atoms with Gasteiger partial charge in [0.2, 0.25) is 0 Å². The van der Waals surface area contributed by atoms with Crippen LogP contribution in [-0.2, 0) is 0 Å². The molecule has 66 valence electrons. The molecule has 2 unspecified atom stereocenters. The summed E-state index contributed by atoms with van der Waals surface area (Å²) in [4.78, 5) is 0. The Bertz CT molecular complexity index is 105. The van der Waals surface area contributed by atoms with Crippen molar-refractivity contribution in [3.63, 3.8) is 0 Å². The van der Waals surface area contributed by atoms with E-state index in [2.05, 4.69) is 27.7 Å². The molecule has 1 saturated carbocycles. The first-order chi connectivity index (χ1) is 5.15. The van der Waals surface area contributed by atoms with Crippen LogP contribution in [0, 0.1) is 23.7 Å². The second-order valence-corrected chi connectivity index (χ2v) is 4.60. The van der Waals surface area contributed by atoms with Crippen LogP contribution in [0.2, 0.25) is 0 Å². The van der Waals surface area contributed by atoms with Crippen LogP contribution in [-0.4, -0.2) is 0 Å². The first-order valence-electron chi connectivity index (χ1n) is 5.15. The zero-order valence-electron chi connectivity index (χ0n) is 8.43. The van der Waals surface area contributed by atoms with Crippen molar-refractivity contribution >= 4 is 0 Å². The smallest absolute Gasteiger partial charge is 0.0365 e. The van der Waals surface area contributed by atoms with E-state index in [9.17, 15) is 0 Å².